The molecule has 0 amide bonds. The van der Waals surface area contributed by atoms with Crippen LogP contribution in [0.5, 0.6) is 0 Å². The Hall–Kier alpha value is 3.69. The molecule has 0 N–H and O–H groups in total. The molecule has 4 aliphatic rings. The molecule has 0 aromatic carbocycles. The second kappa shape index (κ2) is 17.2. The SMILES string of the molecule is C#C.[CH2-]C(C)(C1CCC(CCC2CP2)CC1)C1CCC(OCC2CC2)CC1.[Er].[Er].[Er]. The van der Waals surface area contributed by atoms with Crippen molar-refractivity contribution in [3.05, 3.63) is 6.92 Å². The van der Waals surface area contributed by atoms with E-state index in [9.17, 15) is 0 Å². The van der Waals surface area contributed by atoms with Gasteiger partial charge >= 0.3 is 0 Å². The smallest absolute Gasteiger partial charge is 0.0575 e. The van der Waals surface area contributed by atoms with Crippen LogP contribution in [-0.2, 0) is 4.74 Å². The van der Waals surface area contributed by atoms with E-state index in [-0.39, 0.29) is 112 Å². The Morgan fingerprint density at radius 1 is 0.800 bits per heavy atom. The third kappa shape index (κ3) is 11.2. The van der Waals surface area contributed by atoms with Crippen molar-refractivity contribution in [3.8, 4) is 12.8 Å². The standard InChI is InChI=1S/C23H40OP.C2H2.3Er/c1-23(2,19-8-5-17(6-9-19)7-14-22-16-25-22)20-10-12-21(13-11-20)24-15-18-3-4-18;1-2;;;/h17-22,25H,1,3-16H2,2H3;1-2H;;;/q-1;;;;. The van der Waals surface area contributed by atoms with Gasteiger partial charge in [0.05, 0.1) is 6.10 Å². The van der Waals surface area contributed by atoms with E-state index in [4.69, 9.17) is 11.7 Å². The van der Waals surface area contributed by atoms with Crippen molar-refractivity contribution in [2.24, 2.45) is 29.1 Å². The summed E-state index contributed by atoms with van der Waals surface area (Å²) in [5, 5.41) is 0. The van der Waals surface area contributed by atoms with Crippen molar-refractivity contribution in [1.29, 1.82) is 0 Å². The summed E-state index contributed by atoms with van der Waals surface area (Å²) in [6.07, 6.45) is 27.2. The monoisotopic (exact) mass is 887 g/mol. The quantitative estimate of drug-likeness (QED) is 0.150. The Labute approximate surface area is 278 Å². The third-order valence-electron chi connectivity index (χ3n) is 8.07. The molecule has 190 valence electrons. The predicted molar refractivity (Wildman–Crippen MR) is 119 cm³/mol. The van der Waals surface area contributed by atoms with E-state index in [1.165, 1.54) is 79.2 Å². The summed E-state index contributed by atoms with van der Waals surface area (Å²) >= 11 is 0. The first kappa shape index (κ1) is 33.7. The van der Waals surface area contributed by atoms with Crippen LogP contribution in [0.3, 0.4) is 0 Å². The first-order valence-corrected chi connectivity index (χ1v) is 12.9. The van der Waals surface area contributed by atoms with Crippen molar-refractivity contribution >= 4 is 8.58 Å². The van der Waals surface area contributed by atoms with Crippen LogP contribution in [0.15, 0.2) is 0 Å². The molecule has 4 rings (SSSR count). The van der Waals surface area contributed by atoms with Crippen molar-refractivity contribution in [2.75, 3.05) is 12.8 Å². The molecular formula is C25H42Er3OP-. The first-order chi connectivity index (χ1) is 13.1. The number of rotatable bonds is 8. The van der Waals surface area contributed by atoms with Gasteiger partial charge in [0.25, 0.3) is 0 Å². The zero-order valence-corrected chi connectivity index (χ0v) is 25.1. The van der Waals surface area contributed by atoms with E-state index in [0.29, 0.717) is 11.5 Å². The zero-order valence-electron chi connectivity index (χ0n) is 18.5. The van der Waals surface area contributed by atoms with Gasteiger partial charge in [-0.1, -0.05) is 44.4 Å². The van der Waals surface area contributed by atoms with Crippen molar-refractivity contribution in [1.82, 2.24) is 0 Å². The number of hydrogen-bond donors (Lipinski definition) is 0. The molecule has 0 bridgehead atoms. The van der Waals surface area contributed by atoms with Gasteiger partial charge in [0, 0.05) is 119 Å². The molecule has 0 radical (unpaired) electrons. The molecule has 1 nitrogen and oxygen atoms in total. The molecule has 1 heterocycles. The van der Waals surface area contributed by atoms with Crippen LogP contribution in [0.1, 0.15) is 84.0 Å². The van der Waals surface area contributed by atoms with Gasteiger partial charge in [0.2, 0.25) is 0 Å². The summed E-state index contributed by atoms with van der Waals surface area (Å²) < 4.78 is 6.16. The van der Waals surface area contributed by atoms with Gasteiger partial charge in [-0.05, 0) is 75.0 Å². The molecule has 0 aromatic heterocycles. The molecule has 1 saturated heterocycles. The van der Waals surface area contributed by atoms with Gasteiger partial charge in [0.1, 0.15) is 0 Å². The van der Waals surface area contributed by atoms with Gasteiger partial charge in [-0.2, -0.15) is 5.41 Å². The van der Waals surface area contributed by atoms with E-state index in [1.54, 1.807) is 12.6 Å². The van der Waals surface area contributed by atoms with Gasteiger partial charge in [-0.15, -0.1) is 21.4 Å². The van der Waals surface area contributed by atoms with Crippen molar-refractivity contribution in [3.63, 3.8) is 0 Å². The summed E-state index contributed by atoms with van der Waals surface area (Å²) in [6.45, 7) is 8.34. The maximum Gasteiger partial charge on any atom is 0.0575 e. The average molecular weight is 891 g/mol. The maximum absolute atomic E-state index is 6.16. The topological polar surface area (TPSA) is 9.23 Å². The average Bonchev–Trinajstić information content (AvgIpc) is 3.62. The molecule has 3 atom stereocenters. The van der Waals surface area contributed by atoms with Crippen LogP contribution in [0.25, 0.3) is 0 Å². The number of ether oxygens (including phenoxy) is 1. The molecule has 3 saturated carbocycles. The third-order valence-corrected chi connectivity index (χ3v) is 9.34. The van der Waals surface area contributed by atoms with Gasteiger partial charge in [-0.3, -0.25) is 0 Å². The predicted octanol–water partition coefficient (Wildman–Crippen LogP) is 6.71. The molecule has 0 aromatic rings. The summed E-state index contributed by atoms with van der Waals surface area (Å²) in [4.78, 5) is 0. The van der Waals surface area contributed by atoms with E-state index >= 15 is 0 Å². The Bertz CT molecular complexity index is 422. The van der Waals surface area contributed by atoms with Crippen LogP contribution in [0.4, 0.5) is 0 Å². The van der Waals surface area contributed by atoms with Crippen molar-refractivity contribution in [2.45, 2.75) is 95.7 Å². The van der Waals surface area contributed by atoms with E-state index in [0.717, 1.165) is 35.9 Å². The fraction of sp³-hybridized carbons (Fsp3) is 0.880. The summed E-state index contributed by atoms with van der Waals surface area (Å²) in [6, 6.07) is 0. The molecule has 30 heavy (non-hydrogen) atoms. The summed E-state index contributed by atoms with van der Waals surface area (Å²) in [5.74, 6) is 3.67. The minimum Gasteiger partial charge on any atom is -0.378 e. The second-order valence-corrected chi connectivity index (χ2v) is 11.8. The molecule has 4 fully saturated rings. The molecular weight excluding hydrogens is 849 g/mol. The molecule has 3 aliphatic carbocycles. The fourth-order valence-corrected chi connectivity index (χ4v) is 6.36. The van der Waals surface area contributed by atoms with Gasteiger partial charge in [0.15, 0.2) is 0 Å². The Balaban J connectivity index is 0.00000163. The molecule has 0 spiro atoms. The molecule has 1 aliphatic heterocycles. The van der Waals surface area contributed by atoms with Crippen LogP contribution in [0, 0.1) is 161 Å². The second-order valence-electron chi connectivity index (χ2n) is 10.2. The molecule has 3 unspecified atom stereocenters. The Kier molecular flexibility index (Phi) is 19.3. The van der Waals surface area contributed by atoms with E-state index in [1.807, 2.05) is 0 Å². The van der Waals surface area contributed by atoms with E-state index in [2.05, 4.69) is 19.8 Å². The van der Waals surface area contributed by atoms with Crippen LogP contribution in [0.2, 0.25) is 0 Å². The zero-order chi connectivity index (χ0) is 19.3. The number of hydrogen-bond acceptors (Lipinski definition) is 1. The normalized spacial score (nSPS) is 35.3. The first-order valence-electron chi connectivity index (χ1n) is 11.6. The van der Waals surface area contributed by atoms with Crippen LogP contribution < -0.4 is 0 Å². The summed E-state index contributed by atoms with van der Waals surface area (Å²) in [7, 11) is 1.31. The van der Waals surface area contributed by atoms with Gasteiger partial charge in [-0.25, -0.2) is 0 Å². The van der Waals surface area contributed by atoms with Crippen LogP contribution >= 0.6 is 8.58 Å². The Morgan fingerprint density at radius 2 is 1.27 bits per heavy atom. The van der Waals surface area contributed by atoms with E-state index < -0.39 is 0 Å². The minimum atomic E-state index is 0. The maximum atomic E-state index is 6.16. The fourth-order valence-electron chi connectivity index (χ4n) is 5.61. The van der Waals surface area contributed by atoms with Gasteiger partial charge < -0.3 is 11.7 Å². The molecule has 5 heteroatoms. The largest absolute Gasteiger partial charge is 0.378 e. The summed E-state index contributed by atoms with van der Waals surface area (Å²) in [5.41, 5.74) is 1.46. The Morgan fingerprint density at radius 3 is 1.73 bits per heavy atom. The number of terminal acetylenes is 1. The minimum absolute atomic E-state index is 0. The van der Waals surface area contributed by atoms with Crippen LogP contribution in [-0.4, -0.2) is 24.5 Å². The van der Waals surface area contributed by atoms with Crippen molar-refractivity contribution < 1.29 is 117 Å².